The normalized spacial score (nSPS) is 13.0. The molecule has 0 saturated carbocycles. The van der Waals surface area contributed by atoms with Gasteiger partial charge in [-0.05, 0) is 18.6 Å². The summed E-state index contributed by atoms with van der Waals surface area (Å²) in [4.78, 5) is 4.52. The zero-order valence-electron chi connectivity index (χ0n) is 6.22. The van der Waals surface area contributed by atoms with E-state index in [2.05, 4.69) is 27.8 Å². The lowest BCUT2D eigenvalue weighted by molar-refractivity contribution is 0.873. The minimum atomic E-state index is 0.347. The lowest BCUT2D eigenvalue weighted by atomic mass is 10.2. The smallest absolute Gasteiger partial charge is 0.0589 e. The Morgan fingerprint density at radius 2 is 2.36 bits per heavy atom. The monoisotopic (exact) mass is 233 g/mol. The molecule has 0 radical (unpaired) electrons. The molecule has 3 heteroatoms. The molecule has 0 aliphatic rings. The summed E-state index contributed by atoms with van der Waals surface area (Å²) in [5.41, 5.74) is 1.04. The molecule has 60 valence electrons. The van der Waals surface area contributed by atoms with Gasteiger partial charge in [0.1, 0.15) is 0 Å². The predicted octanol–water partition coefficient (Wildman–Crippen LogP) is 3.58. The van der Waals surface area contributed by atoms with Gasteiger partial charge in [0.2, 0.25) is 0 Å². The topological polar surface area (TPSA) is 12.9 Å². The van der Waals surface area contributed by atoms with Crippen molar-refractivity contribution in [1.82, 2.24) is 4.98 Å². The molecule has 0 saturated heterocycles. The minimum absolute atomic E-state index is 0.347. The van der Waals surface area contributed by atoms with Gasteiger partial charge < -0.3 is 0 Å². The number of aromatic nitrogens is 1. The van der Waals surface area contributed by atoms with Crippen LogP contribution < -0.4 is 0 Å². The molecule has 0 aromatic carbocycles. The second kappa shape index (κ2) is 4.07. The quantitative estimate of drug-likeness (QED) is 0.713. The molecule has 0 fully saturated rings. The zero-order chi connectivity index (χ0) is 8.27. The van der Waals surface area contributed by atoms with E-state index in [0.717, 1.165) is 12.1 Å². The Kier molecular flexibility index (Phi) is 3.34. The number of alkyl halides is 1. The first-order valence-corrected chi connectivity index (χ1v) is 4.79. The Balaban J connectivity index is 2.81. The second-order valence-electron chi connectivity index (χ2n) is 2.28. The molecular formula is C8H9BrClN. The van der Waals surface area contributed by atoms with Gasteiger partial charge in [-0.3, -0.25) is 4.98 Å². The fourth-order valence-electron chi connectivity index (χ4n) is 0.782. The van der Waals surface area contributed by atoms with Crippen molar-refractivity contribution >= 4 is 27.5 Å². The van der Waals surface area contributed by atoms with Crippen molar-refractivity contribution in [3.63, 3.8) is 0 Å². The van der Waals surface area contributed by atoms with Crippen LogP contribution >= 0.6 is 27.5 Å². The van der Waals surface area contributed by atoms with Crippen LogP contribution in [0.3, 0.4) is 0 Å². The maximum atomic E-state index is 5.68. The third-order valence-electron chi connectivity index (χ3n) is 1.43. The van der Waals surface area contributed by atoms with E-state index in [-0.39, 0.29) is 0 Å². The van der Waals surface area contributed by atoms with E-state index >= 15 is 0 Å². The van der Waals surface area contributed by atoms with Gasteiger partial charge in [-0.2, -0.15) is 0 Å². The lowest BCUT2D eigenvalue weighted by Gasteiger charge is -2.04. The van der Waals surface area contributed by atoms with E-state index in [1.165, 1.54) is 0 Å². The van der Waals surface area contributed by atoms with E-state index in [9.17, 15) is 0 Å². The lowest BCUT2D eigenvalue weighted by Crippen LogP contribution is -1.90. The first kappa shape index (κ1) is 9.01. The second-order valence-corrected chi connectivity index (χ2v) is 3.82. The fraction of sp³-hybridized carbons (Fsp3) is 0.375. The van der Waals surface area contributed by atoms with Gasteiger partial charge in [-0.25, -0.2) is 0 Å². The Bertz CT molecular complexity index is 222. The molecule has 0 spiro atoms. The van der Waals surface area contributed by atoms with E-state index in [1.54, 1.807) is 6.20 Å². The molecule has 11 heavy (non-hydrogen) atoms. The Hall–Kier alpha value is -0.0800. The average molecular weight is 235 g/mol. The van der Waals surface area contributed by atoms with Gasteiger partial charge in [-0.1, -0.05) is 34.5 Å². The van der Waals surface area contributed by atoms with Gasteiger partial charge >= 0.3 is 0 Å². The highest BCUT2D eigenvalue weighted by Crippen LogP contribution is 2.24. The van der Waals surface area contributed by atoms with E-state index in [0.29, 0.717) is 9.85 Å². The predicted molar refractivity (Wildman–Crippen MR) is 51.2 cm³/mol. The van der Waals surface area contributed by atoms with Gasteiger partial charge in [0, 0.05) is 6.20 Å². The molecule has 1 nitrogen and oxygen atoms in total. The van der Waals surface area contributed by atoms with Crippen molar-refractivity contribution in [2.24, 2.45) is 0 Å². The van der Waals surface area contributed by atoms with Crippen LogP contribution in [0, 0.1) is 0 Å². The molecule has 1 heterocycles. The summed E-state index contributed by atoms with van der Waals surface area (Å²) in [6.07, 6.45) is 2.70. The Morgan fingerprint density at radius 1 is 1.64 bits per heavy atom. The van der Waals surface area contributed by atoms with Gasteiger partial charge in [0.05, 0.1) is 15.5 Å². The van der Waals surface area contributed by atoms with Crippen LogP contribution in [0.2, 0.25) is 5.02 Å². The van der Waals surface area contributed by atoms with Crippen LogP contribution in [-0.2, 0) is 0 Å². The molecular weight excluding hydrogens is 225 g/mol. The van der Waals surface area contributed by atoms with E-state index in [4.69, 9.17) is 11.6 Å². The third kappa shape index (κ3) is 2.46. The minimum Gasteiger partial charge on any atom is -0.259 e. The van der Waals surface area contributed by atoms with Gasteiger partial charge in [-0.15, -0.1) is 0 Å². The molecule has 1 atom stereocenters. The molecule has 1 rings (SSSR count). The first-order chi connectivity index (χ1) is 5.24. The number of rotatable bonds is 2. The van der Waals surface area contributed by atoms with Crippen molar-refractivity contribution in [2.75, 3.05) is 0 Å². The summed E-state index contributed by atoms with van der Waals surface area (Å²) in [6, 6.07) is 3.79. The SMILES string of the molecule is CCC(Br)c1ccc(Cl)cn1. The van der Waals surface area contributed by atoms with Crippen LogP contribution in [0.25, 0.3) is 0 Å². The first-order valence-electron chi connectivity index (χ1n) is 3.49. The summed E-state index contributed by atoms with van der Waals surface area (Å²) in [5.74, 6) is 0. The van der Waals surface area contributed by atoms with Crippen molar-refractivity contribution in [1.29, 1.82) is 0 Å². The Morgan fingerprint density at radius 3 is 2.82 bits per heavy atom. The van der Waals surface area contributed by atoms with Crippen LogP contribution in [0.15, 0.2) is 18.3 Å². The molecule has 1 aromatic heterocycles. The molecule has 0 bridgehead atoms. The zero-order valence-corrected chi connectivity index (χ0v) is 8.56. The number of halogens is 2. The number of hydrogen-bond acceptors (Lipinski definition) is 1. The van der Waals surface area contributed by atoms with Crippen LogP contribution in [-0.4, -0.2) is 4.98 Å². The van der Waals surface area contributed by atoms with Crippen LogP contribution in [0.1, 0.15) is 23.9 Å². The van der Waals surface area contributed by atoms with Crippen molar-refractivity contribution in [3.05, 3.63) is 29.0 Å². The third-order valence-corrected chi connectivity index (χ3v) is 2.77. The van der Waals surface area contributed by atoms with Crippen molar-refractivity contribution in [2.45, 2.75) is 18.2 Å². The van der Waals surface area contributed by atoms with Crippen molar-refractivity contribution in [3.8, 4) is 0 Å². The van der Waals surface area contributed by atoms with E-state index < -0.39 is 0 Å². The highest BCUT2D eigenvalue weighted by atomic mass is 79.9. The average Bonchev–Trinajstić information content (AvgIpc) is 2.05. The standard InChI is InChI=1S/C8H9BrClN/c1-2-7(9)8-4-3-6(10)5-11-8/h3-5,7H,2H2,1H3. The number of pyridine rings is 1. The van der Waals surface area contributed by atoms with Crippen LogP contribution in [0.4, 0.5) is 0 Å². The summed E-state index contributed by atoms with van der Waals surface area (Å²) in [5, 5.41) is 0.685. The maximum Gasteiger partial charge on any atom is 0.0589 e. The number of nitrogens with zero attached hydrogens (tertiary/aromatic N) is 1. The highest BCUT2D eigenvalue weighted by Gasteiger charge is 2.04. The molecule has 0 N–H and O–H groups in total. The fourth-order valence-corrected chi connectivity index (χ4v) is 1.16. The molecule has 0 aliphatic heterocycles. The summed E-state index contributed by atoms with van der Waals surface area (Å²) >= 11 is 9.19. The molecule has 1 unspecified atom stereocenters. The molecule has 0 amide bonds. The van der Waals surface area contributed by atoms with Gasteiger partial charge in [0.15, 0.2) is 0 Å². The summed E-state index contributed by atoms with van der Waals surface area (Å²) in [7, 11) is 0. The largest absolute Gasteiger partial charge is 0.259 e. The molecule has 0 aliphatic carbocycles. The summed E-state index contributed by atoms with van der Waals surface area (Å²) in [6.45, 7) is 2.11. The molecule has 1 aromatic rings. The van der Waals surface area contributed by atoms with E-state index in [1.807, 2.05) is 12.1 Å². The number of hydrogen-bond donors (Lipinski definition) is 0. The van der Waals surface area contributed by atoms with Crippen LogP contribution in [0.5, 0.6) is 0 Å². The Labute approximate surface area is 79.9 Å². The summed E-state index contributed by atoms with van der Waals surface area (Å²) < 4.78 is 0. The van der Waals surface area contributed by atoms with Crippen molar-refractivity contribution < 1.29 is 0 Å². The highest BCUT2D eigenvalue weighted by molar-refractivity contribution is 9.09. The van der Waals surface area contributed by atoms with Gasteiger partial charge in [0.25, 0.3) is 0 Å². The maximum absolute atomic E-state index is 5.68.